The highest BCUT2D eigenvalue weighted by Gasteiger charge is 2.18. The second kappa shape index (κ2) is 9.13. The SMILES string of the molecule is COc1ccccc1-c1cc2n(C)c(C)c(CCC(=O)NCCc3ccco3)c(=O)n2n1. The highest BCUT2D eigenvalue weighted by atomic mass is 16.5. The molecular weight excluding hydrogens is 408 g/mol. The average Bonchev–Trinajstić information content (AvgIpc) is 3.48. The number of nitrogens with one attached hydrogen (secondary N) is 1. The lowest BCUT2D eigenvalue weighted by atomic mass is 10.1. The van der Waals surface area contributed by atoms with E-state index in [0.717, 1.165) is 17.0 Å². The molecule has 4 aromatic rings. The molecule has 0 atom stereocenters. The number of furan rings is 1. The topological polar surface area (TPSA) is 90.8 Å². The number of aromatic nitrogens is 3. The lowest BCUT2D eigenvalue weighted by Crippen LogP contribution is -2.29. The molecule has 0 fully saturated rings. The molecular formula is C24H26N4O4. The van der Waals surface area contributed by atoms with Crippen molar-refractivity contribution in [3.05, 3.63) is 76.1 Å². The van der Waals surface area contributed by atoms with Crippen LogP contribution in [0.4, 0.5) is 0 Å². The third kappa shape index (κ3) is 4.16. The lowest BCUT2D eigenvalue weighted by Gasteiger charge is -2.12. The molecule has 3 heterocycles. The molecule has 0 saturated carbocycles. The Morgan fingerprint density at radius 1 is 1.19 bits per heavy atom. The van der Waals surface area contributed by atoms with Crippen molar-refractivity contribution < 1.29 is 13.9 Å². The van der Waals surface area contributed by atoms with Crippen molar-refractivity contribution in [1.29, 1.82) is 0 Å². The average molecular weight is 434 g/mol. The highest BCUT2D eigenvalue weighted by molar-refractivity contribution is 5.76. The fraction of sp³-hybridized carbons (Fsp3) is 0.292. The predicted octanol–water partition coefficient (Wildman–Crippen LogP) is 2.90. The third-order valence-electron chi connectivity index (χ3n) is 5.68. The maximum atomic E-state index is 13.2. The van der Waals surface area contributed by atoms with Gasteiger partial charge < -0.3 is 19.0 Å². The van der Waals surface area contributed by atoms with E-state index < -0.39 is 0 Å². The first kappa shape index (κ1) is 21.4. The standard InChI is InChI=1S/C24H26N4O4/c1-16-18(10-11-22(29)25-13-12-17-7-6-14-32-17)24(30)28-23(27(16)2)15-20(26-28)19-8-4-5-9-21(19)31-3/h4-9,14-15H,10-13H2,1-3H3,(H,25,29). The van der Waals surface area contributed by atoms with Gasteiger partial charge in [-0.1, -0.05) is 12.1 Å². The quantitative estimate of drug-likeness (QED) is 0.461. The molecule has 166 valence electrons. The fourth-order valence-corrected chi connectivity index (χ4v) is 3.80. The Kier molecular flexibility index (Phi) is 6.11. The van der Waals surface area contributed by atoms with Gasteiger partial charge >= 0.3 is 0 Å². The summed E-state index contributed by atoms with van der Waals surface area (Å²) in [6, 6.07) is 13.1. The zero-order valence-electron chi connectivity index (χ0n) is 18.4. The van der Waals surface area contributed by atoms with E-state index in [1.165, 1.54) is 4.52 Å². The smallest absolute Gasteiger partial charge is 0.277 e. The predicted molar refractivity (Wildman–Crippen MR) is 121 cm³/mol. The minimum Gasteiger partial charge on any atom is -0.496 e. The summed E-state index contributed by atoms with van der Waals surface area (Å²) in [5.41, 5.74) is 3.34. The number of rotatable bonds is 8. The monoisotopic (exact) mass is 434 g/mol. The summed E-state index contributed by atoms with van der Waals surface area (Å²) in [5, 5.41) is 7.43. The molecule has 4 rings (SSSR count). The van der Waals surface area contributed by atoms with E-state index in [0.29, 0.717) is 42.0 Å². The molecule has 0 radical (unpaired) electrons. The molecule has 0 unspecified atom stereocenters. The number of benzene rings is 1. The van der Waals surface area contributed by atoms with Gasteiger partial charge in [-0.15, -0.1) is 0 Å². The molecule has 0 aliphatic carbocycles. The Morgan fingerprint density at radius 2 is 2.00 bits per heavy atom. The summed E-state index contributed by atoms with van der Waals surface area (Å²) in [6.45, 7) is 2.38. The molecule has 8 heteroatoms. The van der Waals surface area contributed by atoms with Crippen molar-refractivity contribution >= 4 is 11.6 Å². The number of aryl methyl sites for hydroxylation is 1. The summed E-state index contributed by atoms with van der Waals surface area (Å²) in [7, 11) is 3.50. The Balaban J connectivity index is 1.54. The van der Waals surface area contributed by atoms with Gasteiger partial charge in [-0.05, 0) is 37.6 Å². The second-order valence-corrected chi connectivity index (χ2v) is 7.61. The van der Waals surface area contributed by atoms with Gasteiger partial charge in [0, 0.05) is 49.3 Å². The van der Waals surface area contributed by atoms with Crippen molar-refractivity contribution in [1.82, 2.24) is 19.5 Å². The van der Waals surface area contributed by atoms with Crippen LogP contribution in [-0.4, -0.2) is 33.7 Å². The van der Waals surface area contributed by atoms with Gasteiger partial charge in [0.1, 0.15) is 17.2 Å². The highest BCUT2D eigenvalue weighted by Crippen LogP contribution is 2.29. The Bertz CT molecular complexity index is 1300. The van der Waals surface area contributed by atoms with Gasteiger partial charge in [0.2, 0.25) is 5.91 Å². The van der Waals surface area contributed by atoms with Crippen LogP contribution >= 0.6 is 0 Å². The number of carbonyl (C=O) groups excluding carboxylic acids is 1. The van der Waals surface area contributed by atoms with Gasteiger partial charge in [-0.3, -0.25) is 9.59 Å². The van der Waals surface area contributed by atoms with Gasteiger partial charge in [-0.2, -0.15) is 9.61 Å². The van der Waals surface area contributed by atoms with Crippen LogP contribution in [0.15, 0.2) is 57.9 Å². The number of nitrogens with zero attached hydrogens (tertiary/aromatic N) is 3. The molecule has 8 nitrogen and oxygen atoms in total. The van der Waals surface area contributed by atoms with Gasteiger partial charge in [0.05, 0.1) is 19.1 Å². The maximum Gasteiger partial charge on any atom is 0.277 e. The largest absolute Gasteiger partial charge is 0.496 e. The minimum absolute atomic E-state index is 0.103. The molecule has 0 saturated heterocycles. The number of carbonyl (C=O) groups is 1. The van der Waals surface area contributed by atoms with E-state index in [-0.39, 0.29) is 17.9 Å². The Morgan fingerprint density at radius 3 is 2.75 bits per heavy atom. The van der Waals surface area contributed by atoms with Crippen molar-refractivity contribution in [3.63, 3.8) is 0 Å². The number of hydrogen-bond acceptors (Lipinski definition) is 5. The molecule has 1 aromatic carbocycles. The fourth-order valence-electron chi connectivity index (χ4n) is 3.80. The Labute approximate surface area is 185 Å². The van der Waals surface area contributed by atoms with Crippen LogP contribution in [-0.2, 0) is 24.7 Å². The Hall–Kier alpha value is -3.81. The summed E-state index contributed by atoms with van der Waals surface area (Å²) < 4.78 is 14.0. The zero-order valence-corrected chi connectivity index (χ0v) is 18.4. The van der Waals surface area contributed by atoms with E-state index in [9.17, 15) is 9.59 Å². The first-order valence-corrected chi connectivity index (χ1v) is 10.5. The lowest BCUT2D eigenvalue weighted by molar-refractivity contribution is -0.121. The van der Waals surface area contributed by atoms with Crippen LogP contribution in [0.5, 0.6) is 5.75 Å². The van der Waals surface area contributed by atoms with Crippen LogP contribution < -0.4 is 15.6 Å². The number of methoxy groups -OCH3 is 1. The summed E-state index contributed by atoms with van der Waals surface area (Å²) in [4.78, 5) is 25.5. The van der Waals surface area contributed by atoms with E-state index in [1.807, 2.05) is 61.0 Å². The molecule has 0 bridgehead atoms. The number of ether oxygens (including phenoxy) is 1. The van der Waals surface area contributed by atoms with Crippen LogP contribution in [0, 0.1) is 6.92 Å². The van der Waals surface area contributed by atoms with Gasteiger partial charge in [-0.25, -0.2) is 0 Å². The normalized spacial score (nSPS) is 11.1. The van der Waals surface area contributed by atoms with Crippen LogP contribution in [0.1, 0.15) is 23.4 Å². The first-order valence-electron chi connectivity index (χ1n) is 10.5. The first-order chi connectivity index (χ1) is 15.5. The number of amides is 1. The van der Waals surface area contributed by atoms with Crippen molar-refractivity contribution in [2.75, 3.05) is 13.7 Å². The van der Waals surface area contributed by atoms with E-state index in [2.05, 4.69) is 10.4 Å². The number of fused-ring (bicyclic) bond motifs is 1. The van der Waals surface area contributed by atoms with Crippen LogP contribution in [0.25, 0.3) is 16.9 Å². The summed E-state index contributed by atoms with van der Waals surface area (Å²) >= 11 is 0. The van der Waals surface area contributed by atoms with Crippen LogP contribution in [0.2, 0.25) is 0 Å². The summed E-state index contributed by atoms with van der Waals surface area (Å²) in [6.07, 6.45) is 2.80. The molecule has 0 aliphatic heterocycles. The molecule has 0 aliphatic rings. The second-order valence-electron chi connectivity index (χ2n) is 7.61. The van der Waals surface area contributed by atoms with Crippen molar-refractivity contribution in [2.24, 2.45) is 7.05 Å². The van der Waals surface area contributed by atoms with Crippen LogP contribution in [0.3, 0.4) is 0 Å². The zero-order chi connectivity index (χ0) is 22.7. The minimum atomic E-state index is -0.208. The molecule has 32 heavy (non-hydrogen) atoms. The van der Waals surface area contributed by atoms with E-state index >= 15 is 0 Å². The van der Waals surface area contributed by atoms with E-state index in [1.54, 1.807) is 13.4 Å². The maximum absolute atomic E-state index is 13.2. The number of hydrogen-bond donors (Lipinski definition) is 1. The third-order valence-corrected chi connectivity index (χ3v) is 5.68. The van der Waals surface area contributed by atoms with Crippen molar-refractivity contribution in [3.8, 4) is 17.0 Å². The van der Waals surface area contributed by atoms with Gasteiger partial charge in [0.25, 0.3) is 5.56 Å². The molecule has 3 aromatic heterocycles. The van der Waals surface area contributed by atoms with Gasteiger partial charge in [0.15, 0.2) is 0 Å². The molecule has 1 N–H and O–H groups in total. The summed E-state index contributed by atoms with van der Waals surface area (Å²) in [5.74, 6) is 1.41. The number of para-hydroxylation sites is 1. The van der Waals surface area contributed by atoms with E-state index in [4.69, 9.17) is 9.15 Å². The van der Waals surface area contributed by atoms with Crippen molar-refractivity contribution in [2.45, 2.75) is 26.2 Å². The molecule has 1 amide bonds. The molecule has 0 spiro atoms.